The van der Waals surface area contributed by atoms with Crippen molar-refractivity contribution < 1.29 is 44.0 Å². The molecule has 1 aliphatic heterocycles. The maximum atomic E-state index is 13.1. The minimum atomic E-state index is -1.11. The van der Waals surface area contributed by atoms with Crippen LogP contribution in [0.5, 0.6) is 5.75 Å². The fourth-order valence-electron chi connectivity index (χ4n) is 9.47. The second-order valence-electron chi connectivity index (χ2n) is 13.4. The van der Waals surface area contributed by atoms with Crippen molar-refractivity contribution in [3.05, 3.63) is 41.5 Å². The number of benzene rings is 1. The lowest BCUT2D eigenvalue weighted by atomic mass is 9.45. The van der Waals surface area contributed by atoms with Gasteiger partial charge in [0.2, 0.25) is 5.91 Å². The van der Waals surface area contributed by atoms with Gasteiger partial charge in [0.15, 0.2) is 17.9 Å². The third-order valence-corrected chi connectivity index (χ3v) is 11.3. The Hall–Kier alpha value is -3.08. The van der Waals surface area contributed by atoms with Gasteiger partial charge in [-0.2, -0.15) is 0 Å². The third-order valence-electron chi connectivity index (χ3n) is 11.3. The van der Waals surface area contributed by atoms with Crippen LogP contribution in [0.15, 0.2) is 35.9 Å². The number of carbonyl (C=O) groups is 4. The smallest absolute Gasteiger partial charge is 0.306 e. The first-order chi connectivity index (χ1) is 20.6. The molecule has 232 valence electrons. The Morgan fingerprint density at radius 1 is 1.14 bits per heavy atom. The monoisotopic (exact) mass is 595 g/mol. The molecule has 4 unspecified atom stereocenters. The summed E-state index contributed by atoms with van der Waals surface area (Å²) in [7, 11) is 0. The number of ether oxygens (including phenoxy) is 2. The molecule has 1 amide bonds. The average molecular weight is 596 g/mol. The molecule has 4 N–H and O–H groups in total. The Balaban J connectivity index is 1.15. The second-order valence-corrected chi connectivity index (χ2v) is 13.4. The largest absolute Gasteiger partial charge is 0.508 e. The average Bonchev–Trinajstić information content (AvgIpc) is 3.51. The molecule has 1 heterocycles. The number of hydrogen-bond acceptors (Lipinski definition) is 9. The summed E-state index contributed by atoms with van der Waals surface area (Å²) in [4.78, 5) is 50.9. The second kappa shape index (κ2) is 11.4. The number of phenolic OH excluding ortho intramolecular Hbond substituents is 1. The van der Waals surface area contributed by atoms with Gasteiger partial charge in [-0.1, -0.05) is 19.1 Å². The minimum Gasteiger partial charge on any atom is -0.508 e. The molecule has 1 spiro atoms. The van der Waals surface area contributed by atoms with Crippen molar-refractivity contribution in [1.82, 2.24) is 5.32 Å². The summed E-state index contributed by atoms with van der Waals surface area (Å²) in [5, 5.41) is 33.2. The van der Waals surface area contributed by atoms with Crippen LogP contribution in [0, 0.1) is 34.5 Å². The van der Waals surface area contributed by atoms with Gasteiger partial charge in [0.05, 0.1) is 12.5 Å². The quantitative estimate of drug-likeness (QED) is 0.314. The van der Waals surface area contributed by atoms with Crippen LogP contribution in [0.2, 0.25) is 0 Å². The van der Waals surface area contributed by atoms with Crippen molar-refractivity contribution in [1.29, 1.82) is 0 Å². The Kier molecular flexibility index (Phi) is 7.98. The van der Waals surface area contributed by atoms with Gasteiger partial charge in [-0.25, -0.2) is 0 Å². The molecule has 3 saturated carbocycles. The van der Waals surface area contributed by atoms with Crippen LogP contribution in [-0.4, -0.2) is 70.4 Å². The fourth-order valence-corrected chi connectivity index (χ4v) is 9.47. The zero-order chi connectivity index (χ0) is 30.5. The number of Topliss-reactive ketones (excluding diaryl/α,β-unsaturated/α-hetero) is 1. The van der Waals surface area contributed by atoms with Gasteiger partial charge in [-0.05, 0) is 91.0 Å². The molecule has 9 atom stereocenters. The summed E-state index contributed by atoms with van der Waals surface area (Å²) in [6, 6.07) is 6.75. The lowest BCUT2D eigenvalue weighted by molar-refractivity contribution is -0.160. The molecular formula is C33H41NO9. The van der Waals surface area contributed by atoms with Crippen molar-refractivity contribution in [2.24, 2.45) is 34.5 Å². The van der Waals surface area contributed by atoms with Gasteiger partial charge in [0.1, 0.15) is 18.5 Å². The number of esters is 1. The summed E-state index contributed by atoms with van der Waals surface area (Å²) in [5.41, 5.74) is 0.514. The van der Waals surface area contributed by atoms with E-state index < -0.39 is 41.7 Å². The number of amides is 1. The third kappa shape index (κ3) is 5.11. The molecular weight excluding hydrogens is 554 g/mol. The van der Waals surface area contributed by atoms with Crippen LogP contribution >= 0.6 is 0 Å². The number of nitrogens with one attached hydrogen (secondary N) is 1. The normalized spacial score (nSPS) is 37.5. The zero-order valence-corrected chi connectivity index (χ0v) is 24.5. The lowest BCUT2D eigenvalue weighted by Crippen LogP contribution is -2.58. The predicted molar refractivity (Wildman–Crippen MR) is 152 cm³/mol. The van der Waals surface area contributed by atoms with Gasteiger partial charge in [0.25, 0.3) is 0 Å². The molecule has 0 radical (unpaired) electrons. The van der Waals surface area contributed by atoms with E-state index in [2.05, 4.69) is 12.2 Å². The molecule has 1 aromatic carbocycles. The molecule has 10 heteroatoms. The van der Waals surface area contributed by atoms with Crippen molar-refractivity contribution >= 4 is 23.4 Å². The molecule has 5 aliphatic rings. The van der Waals surface area contributed by atoms with E-state index in [0.717, 1.165) is 11.1 Å². The number of carbonyl (C=O) groups excluding carboxylic acids is 4. The Morgan fingerprint density at radius 3 is 2.65 bits per heavy atom. The molecule has 4 fully saturated rings. The van der Waals surface area contributed by atoms with Gasteiger partial charge in [-0.15, -0.1) is 0 Å². The number of ketones is 2. The number of hydrogen-bond donors (Lipinski definition) is 4. The number of aliphatic hydroxyl groups is 2. The van der Waals surface area contributed by atoms with Crippen molar-refractivity contribution in [3.63, 3.8) is 0 Å². The van der Waals surface area contributed by atoms with Gasteiger partial charge >= 0.3 is 5.97 Å². The van der Waals surface area contributed by atoms with Crippen molar-refractivity contribution in [2.75, 3.05) is 13.2 Å². The highest BCUT2D eigenvalue weighted by atomic mass is 16.6. The summed E-state index contributed by atoms with van der Waals surface area (Å²) >= 11 is 0. The van der Waals surface area contributed by atoms with Gasteiger partial charge < -0.3 is 30.1 Å². The summed E-state index contributed by atoms with van der Waals surface area (Å²) in [6.45, 7) is 1.94. The first kappa shape index (κ1) is 30.0. The number of phenols is 1. The number of fused-ring (bicyclic) bond motifs is 6. The number of aliphatic hydroxyl groups excluding tert-OH is 2. The fraction of sp³-hybridized carbons (Fsp3) is 0.636. The summed E-state index contributed by atoms with van der Waals surface area (Å²) in [5.74, 6) is -1.38. The van der Waals surface area contributed by atoms with E-state index >= 15 is 0 Å². The molecule has 1 saturated heterocycles. The maximum Gasteiger partial charge on any atom is 0.306 e. The van der Waals surface area contributed by atoms with E-state index in [-0.39, 0.29) is 59.9 Å². The summed E-state index contributed by atoms with van der Waals surface area (Å²) in [6.07, 6.45) is 3.31. The standard InChI is InChI=1S/C33H41NO9/c1-32-12-10-20(37)14-24(32)26(42-29(40)9-8-28(39)34-13-11-18-2-4-19(36)5-3-18)15-21-22-6-7-23(25(38)17-35)33(22)16-27(30(21)32)43-31(33)41/h2-5,14,21-23,26-27,30-31,35-36,41H,6-13,15-17H2,1H3,(H,34,39)/t21?,22?,23-,26-,27?,30?,31+,32+,33-/m1/s1. The van der Waals surface area contributed by atoms with Gasteiger partial charge in [0, 0.05) is 30.7 Å². The van der Waals surface area contributed by atoms with Gasteiger partial charge in [-0.3, -0.25) is 19.2 Å². The van der Waals surface area contributed by atoms with Crippen LogP contribution in [0.4, 0.5) is 0 Å². The molecule has 1 aromatic rings. The Labute approximate surface area is 250 Å². The molecule has 2 bridgehead atoms. The maximum absolute atomic E-state index is 13.1. The van der Waals surface area contributed by atoms with E-state index in [1.54, 1.807) is 30.3 Å². The minimum absolute atomic E-state index is 0.000542. The van der Waals surface area contributed by atoms with Crippen molar-refractivity contribution in [3.8, 4) is 5.75 Å². The SMILES string of the molecule is C[C@]12CCC(=O)C=C1[C@H](OC(=O)CCC(=O)NCCc1ccc(O)cc1)CC1C3CC[C@H](C(=O)CO)[C@@]34CC(O[C@@H]4O)C12. The molecule has 4 aliphatic carbocycles. The topological polar surface area (TPSA) is 159 Å². The van der Waals surface area contributed by atoms with E-state index in [9.17, 15) is 34.5 Å². The van der Waals surface area contributed by atoms with Crippen LogP contribution in [-0.2, 0) is 35.1 Å². The van der Waals surface area contributed by atoms with Crippen LogP contribution < -0.4 is 5.32 Å². The number of aromatic hydroxyl groups is 1. The Morgan fingerprint density at radius 2 is 1.91 bits per heavy atom. The highest BCUT2D eigenvalue weighted by Gasteiger charge is 2.72. The molecule has 43 heavy (non-hydrogen) atoms. The van der Waals surface area contributed by atoms with E-state index in [4.69, 9.17) is 9.47 Å². The van der Waals surface area contributed by atoms with E-state index in [1.165, 1.54) is 0 Å². The van der Waals surface area contributed by atoms with Crippen LogP contribution in [0.25, 0.3) is 0 Å². The van der Waals surface area contributed by atoms with Crippen LogP contribution in [0.3, 0.4) is 0 Å². The van der Waals surface area contributed by atoms with Crippen molar-refractivity contribution in [2.45, 2.75) is 83.2 Å². The number of rotatable bonds is 9. The highest BCUT2D eigenvalue weighted by Crippen LogP contribution is 2.71. The Bertz CT molecular complexity index is 1320. The highest BCUT2D eigenvalue weighted by molar-refractivity contribution is 5.92. The van der Waals surface area contributed by atoms with E-state index in [0.29, 0.717) is 51.5 Å². The first-order valence-electron chi connectivity index (χ1n) is 15.5. The summed E-state index contributed by atoms with van der Waals surface area (Å²) < 4.78 is 12.3. The van der Waals surface area contributed by atoms with E-state index in [1.807, 2.05) is 0 Å². The predicted octanol–water partition coefficient (Wildman–Crippen LogP) is 2.37. The molecule has 10 nitrogen and oxygen atoms in total. The zero-order valence-electron chi connectivity index (χ0n) is 24.5. The van der Waals surface area contributed by atoms with Crippen LogP contribution in [0.1, 0.15) is 63.9 Å². The molecule has 6 rings (SSSR count). The first-order valence-corrected chi connectivity index (χ1v) is 15.5. The molecule has 0 aromatic heterocycles. The lowest BCUT2D eigenvalue weighted by Gasteiger charge is -2.58.